The Bertz CT molecular complexity index is 1090. The summed E-state index contributed by atoms with van der Waals surface area (Å²) < 4.78 is 7.51. The van der Waals surface area contributed by atoms with E-state index in [1.807, 2.05) is 47.0 Å². The molecule has 0 aliphatic heterocycles. The molecule has 0 bridgehead atoms. The summed E-state index contributed by atoms with van der Waals surface area (Å²) in [6, 6.07) is 15.3. The fraction of sp³-hybridized carbons (Fsp3) is 0.0476. The van der Waals surface area contributed by atoms with E-state index in [0.29, 0.717) is 10.0 Å². The number of imidazole rings is 1. The number of ether oxygens (including phenoxy) is 1. The number of hydrogen-bond donors (Lipinski definition) is 0. The molecule has 27 heavy (non-hydrogen) atoms. The molecule has 0 fully saturated rings. The Morgan fingerprint density at radius 1 is 0.889 bits per heavy atom. The van der Waals surface area contributed by atoms with Gasteiger partial charge in [-0.1, -0.05) is 41.4 Å². The number of nitrogens with zero attached hydrogens (tertiary/aromatic N) is 3. The van der Waals surface area contributed by atoms with E-state index in [4.69, 9.17) is 27.9 Å². The first-order valence-electron chi connectivity index (χ1n) is 8.24. The van der Waals surface area contributed by atoms with Crippen molar-refractivity contribution in [3.8, 4) is 33.8 Å². The normalized spacial score (nSPS) is 10.8. The molecule has 0 amide bonds. The molecule has 4 rings (SSSR count). The SMILES string of the molecule is COc1ccccc1-c1ccncc1-n1cncc1-c1cc(Cl)cc(Cl)c1. The average molecular weight is 396 g/mol. The monoisotopic (exact) mass is 395 g/mol. The van der Waals surface area contributed by atoms with E-state index in [2.05, 4.69) is 9.97 Å². The lowest BCUT2D eigenvalue weighted by Crippen LogP contribution is -2.00. The molecule has 0 aliphatic carbocycles. The smallest absolute Gasteiger partial charge is 0.126 e. The third-order valence-corrected chi connectivity index (χ3v) is 4.69. The first-order valence-corrected chi connectivity index (χ1v) is 8.99. The third kappa shape index (κ3) is 3.42. The summed E-state index contributed by atoms with van der Waals surface area (Å²) in [4.78, 5) is 8.64. The number of halogens is 2. The Hall–Kier alpha value is -2.82. The highest BCUT2D eigenvalue weighted by Crippen LogP contribution is 2.36. The van der Waals surface area contributed by atoms with E-state index in [0.717, 1.165) is 33.8 Å². The number of aromatic nitrogens is 3. The topological polar surface area (TPSA) is 39.9 Å². The van der Waals surface area contributed by atoms with Gasteiger partial charge in [0, 0.05) is 32.9 Å². The van der Waals surface area contributed by atoms with Crippen molar-refractivity contribution in [2.45, 2.75) is 0 Å². The van der Waals surface area contributed by atoms with Crippen LogP contribution < -0.4 is 4.74 Å². The van der Waals surface area contributed by atoms with Crippen molar-refractivity contribution in [2.24, 2.45) is 0 Å². The standard InChI is InChI=1S/C21H15Cl2N3O/c1-27-21-5-3-2-4-18(21)17-6-7-24-12-20(17)26-13-25-11-19(26)14-8-15(22)10-16(23)9-14/h2-13H,1H3. The van der Waals surface area contributed by atoms with Gasteiger partial charge in [0.2, 0.25) is 0 Å². The highest BCUT2D eigenvalue weighted by atomic mass is 35.5. The molecule has 0 spiro atoms. The first-order chi connectivity index (χ1) is 13.2. The average Bonchev–Trinajstić information content (AvgIpc) is 3.17. The lowest BCUT2D eigenvalue weighted by molar-refractivity contribution is 0.416. The van der Waals surface area contributed by atoms with E-state index < -0.39 is 0 Å². The Morgan fingerprint density at radius 2 is 1.67 bits per heavy atom. The molecule has 2 aromatic carbocycles. The van der Waals surface area contributed by atoms with E-state index in [1.165, 1.54) is 0 Å². The molecule has 0 aliphatic rings. The maximum absolute atomic E-state index is 6.19. The predicted octanol–water partition coefficient (Wildman–Crippen LogP) is 5.92. The minimum atomic E-state index is 0.571. The number of benzene rings is 2. The van der Waals surface area contributed by atoms with Crippen molar-refractivity contribution >= 4 is 23.2 Å². The van der Waals surface area contributed by atoms with Crippen LogP contribution in [0.3, 0.4) is 0 Å². The molecule has 6 heteroatoms. The summed E-state index contributed by atoms with van der Waals surface area (Å²) in [6.07, 6.45) is 7.10. The molecular formula is C21H15Cl2N3O. The van der Waals surface area contributed by atoms with Crippen LogP contribution in [-0.2, 0) is 0 Å². The van der Waals surface area contributed by atoms with Gasteiger partial charge in [0.1, 0.15) is 5.75 Å². The quantitative estimate of drug-likeness (QED) is 0.430. The fourth-order valence-corrected chi connectivity index (χ4v) is 3.60. The largest absolute Gasteiger partial charge is 0.496 e. The summed E-state index contributed by atoms with van der Waals surface area (Å²) in [6.45, 7) is 0. The van der Waals surface area contributed by atoms with Crippen LogP contribution in [0.4, 0.5) is 0 Å². The highest BCUT2D eigenvalue weighted by Gasteiger charge is 2.15. The molecule has 0 saturated heterocycles. The van der Waals surface area contributed by atoms with Crippen LogP contribution in [0.15, 0.2) is 73.4 Å². The molecule has 134 valence electrons. The van der Waals surface area contributed by atoms with Crippen molar-refractivity contribution < 1.29 is 4.74 Å². The summed E-state index contributed by atoms with van der Waals surface area (Å²) in [5, 5.41) is 1.14. The number of methoxy groups -OCH3 is 1. The Balaban J connectivity index is 1.91. The van der Waals surface area contributed by atoms with Gasteiger partial charge in [-0.2, -0.15) is 0 Å². The molecule has 0 atom stereocenters. The minimum Gasteiger partial charge on any atom is -0.496 e. The van der Waals surface area contributed by atoms with Gasteiger partial charge in [-0.3, -0.25) is 9.55 Å². The van der Waals surface area contributed by atoms with E-state index >= 15 is 0 Å². The van der Waals surface area contributed by atoms with E-state index in [9.17, 15) is 0 Å². The van der Waals surface area contributed by atoms with Gasteiger partial charge in [-0.05, 0) is 30.3 Å². The number of pyridine rings is 1. The van der Waals surface area contributed by atoms with Crippen molar-refractivity contribution in [3.05, 3.63) is 83.5 Å². The molecule has 0 radical (unpaired) electrons. The maximum atomic E-state index is 6.19. The molecule has 4 aromatic rings. The van der Waals surface area contributed by atoms with Gasteiger partial charge in [-0.25, -0.2) is 4.98 Å². The van der Waals surface area contributed by atoms with Gasteiger partial charge in [-0.15, -0.1) is 0 Å². The maximum Gasteiger partial charge on any atom is 0.126 e. The Labute approximate surface area is 167 Å². The Kier molecular flexibility index (Phi) is 4.84. The summed E-state index contributed by atoms with van der Waals surface area (Å²) in [5.74, 6) is 0.789. The van der Waals surface area contributed by atoms with Gasteiger partial charge in [0.15, 0.2) is 0 Å². The predicted molar refractivity (Wildman–Crippen MR) is 109 cm³/mol. The fourth-order valence-electron chi connectivity index (χ4n) is 3.08. The second kappa shape index (κ2) is 7.43. The third-order valence-electron chi connectivity index (χ3n) is 4.25. The molecule has 4 nitrogen and oxygen atoms in total. The molecule has 2 heterocycles. The van der Waals surface area contributed by atoms with Gasteiger partial charge < -0.3 is 4.74 Å². The van der Waals surface area contributed by atoms with Crippen LogP contribution in [-0.4, -0.2) is 21.6 Å². The zero-order chi connectivity index (χ0) is 18.8. The van der Waals surface area contributed by atoms with Crippen LogP contribution in [0.25, 0.3) is 28.1 Å². The molecule has 0 saturated carbocycles. The van der Waals surface area contributed by atoms with Crippen LogP contribution in [0.5, 0.6) is 5.75 Å². The summed E-state index contributed by atoms with van der Waals surface area (Å²) in [7, 11) is 1.66. The lowest BCUT2D eigenvalue weighted by Gasteiger charge is -2.15. The number of para-hydroxylation sites is 1. The van der Waals surface area contributed by atoms with Crippen molar-refractivity contribution in [1.82, 2.24) is 14.5 Å². The van der Waals surface area contributed by atoms with Crippen LogP contribution >= 0.6 is 23.2 Å². The first kappa shape index (κ1) is 17.6. The summed E-state index contributed by atoms with van der Waals surface area (Å²) >= 11 is 12.4. The lowest BCUT2D eigenvalue weighted by atomic mass is 10.0. The number of rotatable bonds is 4. The van der Waals surface area contributed by atoms with E-state index in [1.54, 1.807) is 38.1 Å². The van der Waals surface area contributed by atoms with Crippen molar-refractivity contribution in [1.29, 1.82) is 0 Å². The Morgan fingerprint density at radius 3 is 2.44 bits per heavy atom. The minimum absolute atomic E-state index is 0.571. The molecule has 0 unspecified atom stereocenters. The zero-order valence-corrected chi connectivity index (χ0v) is 15.9. The zero-order valence-electron chi connectivity index (χ0n) is 14.4. The van der Waals surface area contributed by atoms with Gasteiger partial charge in [0.25, 0.3) is 0 Å². The highest BCUT2D eigenvalue weighted by molar-refractivity contribution is 6.35. The summed E-state index contributed by atoms with van der Waals surface area (Å²) in [5.41, 5.74) is 4.57. The number of hydrogen-bond acceptors (Lipinski definition) is 3. The van der Waals surface area contributed by atoms with E-state index in [-0.39, 0.29) is 0 Å². The molecule has 0 N–H and O–H groups in total. The second-order valence-corrected chi connectivity index (χ2v) is 6.77. The van der Waals surface area contributed by atoms with Crippen molar-refractivity contribution in [2.75, 3.05) is 7.11 Å². The van der Waals surface area contributed by atoms with Crippen LogP contribution in [0.2, 0.25) is 10.0 Å². The second-order valence-electron chi connectivity index (χ2n) is 5.90. The van der Waals surface area contributed by atoms with Crippen LogP contribution in [0.1, 0.15) is 0 Å². The van der Waals surface area contributed by atoms with Crippen LogP contribution in [0, 0.1) is 0 Å². The molecular weight excluding hydrogens is 381 g/mol. The molecule has 2 aromatic heterocycles. The van der Waals surface area contributed by atoms with Crippen molar-refractivity contribution in [3.63, 3.8) is 0 Å². The van der Waals surface area contributed by atoms with Gasteiger partial charge in [0.05, 0.1) is 37.2 Å². The van der Waals surface area contributed by atoms with Gasteiger partial charge >= 0.3 is 0 Å².